The van der Waals surface area contributed by atoms with Gasteiger partial charge in [-0.2, -0.15) is 0 Å². The molecule has 0 fully saturated rings. The number of hydrogen-bond acceptors (Lipinski definition) is 3. The minimum Gasteiger partial charge on any atom is -0.465 e. The van der Waals surface area contributed by atoms with Gasteiger partial charge in [0.1, 0.15) is 0 Å². The number of esters is 1. The smallest absolute Gasteiger partial charge is 0.337 e. The largest absolute Gasteiger partial charge is 0.465 e. The molecule has 0 radical (unpaired) electrons. The van der Waals surface area contributed by atoms with E-state index in [9.17, 15) is 4.79 Å². The Morgan fingerprint density at radius 2 is 2.28 bits per heavy atom. The predicted octanol–water partition coefficient (Wildman–Crippen LogP) is 2.61. The first-order valence-corrected chi connectivity index (χ1v) is 5.99. The minimum absolute atomic E-state index is 0.101. The standard InChI is InChI=1S/C15H17NO2/c1-18-15(17)13-9-5-8-12(10-13)14(16)11-6-3-2-4-7-11/h2-6,8-11,14H,7,16H2,1H3. The van der Waals surface area contributed by atoms with Crippen LogP contribution in [0.4, 0.5) is 0 Å². The third kappa shape index (κ3) is 2.68. The molecule has 0 saturated carbocycles. The van der Waals surface area contributed by atoms with Gasteiger partial charge in [0, 0.05) is 6.04 Å². The lowest BCUT2D eigenvalue weighted by Gasteiger charge is -2.21. The van der Waals surface area contributed by atoms with Gasteiger partial charge in [-0.25, -0.2) is 4.79 Å². The lowest BCUT2D eigenvalue weighted by Crippen LogP contribution is -2.20. The molecule has 2 unspecified atom stereocenters. The van der Waals surface area contributed by atoms with Gasteiger partial charge in [0.25, 0.3) is 0 Å². The molecule has 2 N–H and O–H groups in total. The molecule has 0 aromatic heterocycles. The van der Waals surface area contributed by atoms with Crippen molar-refractivity contribution in [1.82, 2.24) is 0 Å². The number of benzene rings is 1. The molecular weight excluding hydrogens is 226 g/mol. The summed E-state index contributed by atoms with van der Waals surface area (Å²) in [5.74, 6) is -0.0500. The van der Waals surface area contributed by atoms with Crippen LogP contribution in [0.1, 0.15) is 28.4 Å². The van der Waals surface area contributed by atoms with Crippen LogP contribution in [0.15, 0.2) is 48.6 Å². The molecule has 1 aliphatic rings. The van der Waals surface area contributed by atoms with Crippen molar-refractivity contribution in [2.75, 3.05) is 7.11 Å². The maximum absolute atomic E-state index is 11.5. The van der Waals surface area contributed by atoms with E-state index in [1.54, 1.807) is 6.07 Å². The van der Waals surface area contributed by atoms with Crippen molar-refractivity contribution in [3.63, 3.8) is 0 Å². The highest BCUT2D eigenvalue weighted by Gasteiger charge is 2.18. The molecule has 3 nitrogen and oxygen atoms in total. The van der Waals surface area contributed by atoms with E-state index in [2.05, 4.69) is 12.2 Å². The summed E-state index contributed by atoms with van der Waals surface area (Å²) < 4.78 is 4.71. The van der Waals surface area contributed by atoms with Gasteiger partial charge in [-0.05, 0) is 30.0 Å². The van der Waals surface area contributed by atoms with Crippen molar-refractivity contribution in [1.29, 1.82) is 0 Å². The molecule has 0 aliphatic heterocycles. The highest BCUT2D eigenvalue weighted by Crippen LogP contribution is 2.26. The fourth-order valence-electron chi connectivity index (χ4n) is 2.10. The quantitative estimate of drug-likeness (QED) is 0.830. The fraction of sp³-hybridized carbons (Fsp3) is 0.267. The lowest BCUT2D eigenvalue weighted by atomic mass is 9.88. The SMILES string of the molecule is COC(=O)c1cccc(C(N)C2C=CC=CC2)c1. The van der Waals surface area contributed by atoms with Crippen molar-refractivity contribution < 1.29 is 9.53 Å². The Kier molecular flexibility index (Phi) is 3.95. The van der Waals surface area contributed by atoms with Crippen LogP contribution in [0.2, 0.25) is 0 Å². The maximum atomic E-state index is 11.5. The van der Waals surface area contributed by atoms with Crippen LogP contribution in [0.3, 0.4) is 0 Å². The monoisotopic (exact) mass is 243 g/mol. The third-order valence-electron chi connectivity index (χ3n) is 3.17. The molecule has 1 aromatic carbocycles. The van der Waals surface area contributed by atoms with Crippen LogP contribution in [-0.4, -0.2) is 13.1 Å². The average Bonchev–Trinajstić information content (AvgIpc) is 2.46. The molecule has 94 valence electrons. The van der Waals surface area contributed by atoms with Gasteiger partial charge >= 0.3 is 5.97 Å². The van der Waals surface area contributed by atoms with Crippen molar-refractivity contribution in [3.05, 3.63) is 59.7 Å². The van der Waals surface area contributed by atoms with Gasteiger partial charge in [0.05, 0.1) is 12.7 Å². The number of rotatable bonds is 3. The first-order valence-electron chi connectivity index (χ1n) is 5.99. The van der Waals surface area contributed by atoms with E-state index in [0.29, 0.717) is 5.56 Å². The fourth-order valence-corrected chi connectivity index (χ4v) is 2.10. The Morgan fingerprint density at radius 1 is 1.44 bits per heavy atom. The summed E-state index contributed by atoms with van der Waals surface area (Å²) in [6, 6.07) is 7.23. The van der Waals surface area contributed by atoms with E-state index < -0.39 is 0 Å². The molecule has 18 heavy (non-hydrogen) atoms. The Labute approximate surface area is 107 Å². The second kappa shape index (κ2) is 5.65. The van der Waals surface area contributed by atoms with Crippen molar-refractivity contribution >= 4 is 5.97 Å². The number of methoxy groups -OCH3 is 1. The van der Waals surface area contributed by atoms with Crippen molar-refractivity contribution in [2.45, 2.75) is 12.5 Å². The number of hydrogen-bond donors (Lipinski definition) is 1. The Morgan fingerprint density at radius 3 is 2.94 bits per heavy atom. The van der Waals surface area contributed by atoms with Crippen LogP contribution in [0.5, 0.6) is 0 Å². The Bertz CT molecular complexity index is 491. The third-order valence-corrected chi connectivity index (χ3v) is 3.17. The molecule has 2 rings (SSSR count). The van der Waals surface area contributed by atoms with Crippen molar-refractivity contribution in [2.24, 2.45) is 11.7 Å². The van der Waals surface area contributed by atoms with Crippen LogP contribution in [0, 0.1) is 5.92 Å². The average molecular weight is 243 g/mol. The van der Waals surface area contributed by atoms with E-state index >= 15 is 0 Å². The summed E-state index contributed by atoms with van der Waals surface area (Å²) in [7, 11) is 1.38. The highest BCUT2D eigenvalue weighted by atomic mass is 16.5. The van der Waals surface area contributed by atoms with Crippen LogP contribution in [-0.2, 0) is 4.74 Å². The van der Waals surface area contributed by atoms with Gasteiger partial charge in [0.2, 0.25) is 0 Å². The molecule has 0 bridgehead atoms. The second-order valence-corrected chi connectivity index (χ2v) is 4.36. The number of carbonyl (C=O) groups is 1. The van der Waals surface area contributed by atoms with Gasteiger partial charge in [-0.1, -0.05) is 36.4 Å². The number of allylic oxidation sites excluding steroid dienone is 3. The summed E-state index contributed by atoms with van der Waals surface area (Å²) in [6.45, 7) is 0. The summed E-state index contributed by atoms with van der Waals surface area (Å²) >= 11 is 0. The normalized spacial score (nSPS) is 19.6. The molecule has 2 atom stereocenters. The summed E-state index contributed by atoms with van der Waals surface area (Å²) in [5.41, 5.74) is 7.75. The molecule has 3 heteroatoms. The van der Waals surface area contributed by atoms with E-state index in [4.69, 9.17) is 10.5 Å². The zero-order valence-electron chi connectivity index (χ0n) is 10.4. The highest BCUT2D eigenvalue weighted by molar-refractivity contribution is 5.89. The van der Waals surface area contributed by atoms with Crippen LogP contribution < -0.4 is 5.73 Å². The molecule has 0 spiro atoms. The second-order valence-electron chi connectivity index (χ2n) is 4.36. The lowest BCUT2D eigenvalue weighted by molar-refractivity contribution is 0.0600. The van der Waals surface area contributed by atoms with E-state index in [-0.39, 0.29) is 17.9 Å². The van der Waals surface area contributed by atoms with Crippen LogP contribution in [0.25, 0.3) is 0 Å². The summed E-state index contributed by atoms with van der Waals surface area (Å²) in [5, 5.41) is 0. The number of nitrogens with two attached hydrogens (primary N) is 1. The first-order chi connectivity index (χ1) is 8.72. The summed E-state index contributed by atoms with van der Waals surface area (Å²) in [4.78, 5) is 11.5. The molecule has 1 aromatic rings. The zero-order chi connectivity index (χ0) is 13.0. The molecule has 0 amide bonds. The minimum atomic E-state index is -0.330. The Hall–Kier alpha value is -1.87. The summed E-state index contributed by atoms with van der Waals surface area (Å²) in [6.07, 6.45) is 9.18. The van der Waals surface area contributed by atoms with Crippen molar-refractivity contribution in [3.8, 4) is 0 Å². The van der Waals surface area contributed by atoms with Gasteiger partial charge in [-0.15, -0.1) is 0 Å². The van der Waals surface area contributed by atoms with Crippen LogP contribution >= 0.6 is 0 Å². The van der Waals surface area contributed by atoms with E-state index in [1.807, 2.05) is 30.4 Å². The maximum Gasteiger partial charge on any atom is 0.337 e. The predicted molar refractivity (Wildman–Crippen MR) is 71.1 cm³/mol. The molecule has 1 aliphatic carbocycles. The van der Waals surface area contributed by atoms with E-state index in [1.165, 1.54) is 7.11 Å². The zero-order valence-corrected chi connectivity index (χ0v) is 10.4. The topological polar surface area (TPSA) is 52.3 Å². The van der Waals surface area contributed by atoms with Gasteiger partial charge < -0.3 is 10.5 Å². The Balaban J connectivity index is 2.20. The first kappa shape index (κ1) is 12.6. The number of ether oxygens (including phenoxy) is 1. The molecular formula is C15H17NO2. The molecule has 0 heterocycles. The van der Waals surface area contributed by atoms with Gasteiger partial charge in [0.15, 0.2) is 0 Å². The molecule has 0 saturated heterocycles. The number of carbonyl (C=O) groups excluding carboxylic acids is 1. The van der Waals surface area contributed by atoms with Gasteiger partial charge in [-0.3, -0.25) is 0 Å². The van der Waals surface area contributed by atoms with E-state index in [0.717, 1.165) is 12.0 Å².